The molecular weight excluding hydrogens is 226 g/mol. The van der Waals surface area contributed by atoms with Gasteiger partial charge in [0.25, 0.3) is 0 Å². The summed E-state index contributed by atoms with van der Waals surface area (Å²) in [7, 11) is 0. The van der Waals surface area contributed by atoms with Crippen molar-refractivity contribution in [3.05, 3.63) is 35.7 Å². The van der Waals surface area contributed by atoms with Crippen LogP contribution >= 0.6 is 0 Å². The van der Waals surface area contributed by atoms with Gasteiger partial charge in [-0.1, -0.05) is 32.9 Å². The lowest BCUT2D eigenvalue weighted by atomic mass is 9.87. The number of aromatic nitrogens is 4. The molecule has 0 bridgehead atoms. The van der Waals surface area contributed by atoms with Crippen LogP contribution < -0.4 is 5.73 Å². The van der Waals surface area contributed by atoms with Gasteiger partial charge < -0.3 is 5.73 Å². The van der Waals surface area contributed by atoms with E-state index in [1.54, 1.807) is 0 Å². The molecule has 5 nitrogen and oxygen atoms in total. The van der Waals surface area contributed by atoms with Gasteiger partial charge in [-0.25, -0.2) is 0 Å². The van der Waals surface area contributed by atoms with E-state index < -0.39 is 0 Å². The maximum absolute atomic E-state index is 5.46. The second-order valence-corrected chi connectivity index (χ2v) is 5.33. The van der Waals surface area contributed by atoms with E-state index in [1.165, 1.54) is 10.4 Å². The second kappa shape index (κ2) is 4.86. The summed E-state index contributed by atoms with van der Waals surface area (Å²) in [6, 6.07) is 8.21. The lowest BCUT2D eigenvalue weighted by molar-refractivity contribution is 0.589. The summed E-state index contributed by atoms with van der Waals surface area (Å²) >= 11 is 0. The van der Waals surface area contributed by atoms with Crippen molar-refractivity contribution < 1.29 is 0 Å². The van der Waals surface area contributed by atoms with Gasteiger partial charge >= 0.3 is 0 Å². The zero-order valence-corrected chi connectivity index (χ0v) is 11.1. The Labute approximate surface area is 107 Å². The van der Waals surface area contributed by atoms with Crippen LogP contribution in [-0.4, -0.2) is 26.8 Å². The molecule has 2 N–H and O–H groups in total. The van der Waals surface area contributed by atoms with E-state index in [2.05, 4.69) is 48.3 Å². The molecule has 0 unspecified atom stereocenters. The van der Waals surface area contributed by atoms with Crippen molar-refractivity contribution in [1.82, 2.24) is 20.2 Å². The summed E-state index contributed by atoms with van der Waals surface area (Å²) in [4.78, 5) is 1.54. The SMILES string of the molecule is CC(C)(C)c1ccc(-n2nnc(CCN)n2)cc1. The van der Waals surface area contributed by atoms with Crippen LogP contribution in [0.3, 0.4) is 0 Å². The Morgan fingerprint density at radius 3 is 2.39 bits per heavy atom. The van der Waals surface area contributed by atoms with Crippen LogP contribution in [0.4, 0.5) is 0 Å². The average molecular weight is 245 g/mol. The Bertz CT molecular complexity index is 507. The Kier molecular flexibility index (Phi) is 3.43. The average Bonchev–Trinajstić information content (AvgIpc) is 2.77. The lowest BCUT2D eigenvalue weighted by Crippen LogP contribution is -2.11. The normalized spacial score (nSPS) is 11.8. The molecule has 0 radical (unpaired) electrons. The highest BCUT2D eigenvalue weighted by Crippen LogP contribution is 2.22. The van der Waals surface area contributed by atoms with Crippen molar-refractivity contribution in [2.45, 2.75) is 32.6 Å². The molecule has 1 heterocycles. The summed E-state index contributed by atoms with van der Waals surface area (Å²) in [5, 5.41) is 12.2. The van der Waals surface area contributed by atoms with Gasteiger partial charge in [-0.15, -0.1) is 15.0 Å². The fourth-order valence-corrected chi connectivity index (χ4v) is 1.68. The Balaban J connectivity index is 2.23. The molecule has 1 aromatic carbocycles. The first-order valence-electron chi connectivity index (χ1n) is 6.10. The number of tetrazole rings is 1. The van der Waals surface area contributed by atoms with Crippen LogP contribution in [0.2, 0.25) is 0 Å². The molecule has 0 atom stereocenters. The number of hydrogen-bond acceptors (Lipinski definition) is 4. The van der Waals surface area contributed by atoms with Crippen LogP contribution in [0.1, 0.15) is 32.2 Å². The largest absolute Gasteiger partial charge is 0.330 e. The van der Waals surface area contributed by atoms with Crippen molar-refractivity contribution >= 4 is 0 Å². The van der Waals surface area contributed by atoms with Gasteiger partial charge in [-0.3, -0.25) is 0 Å². The molecule has 0 amide bonds. The second-order valence-electron chi connectivity index (χ2n) is 5.33. The maximum Gasteiger partial charge on any atom is 0.176 e. The van der Waals surface area contributed by atoms with Crippen molar-refractivity contribution in [1.29, 1.82) is 0 Å². The van der Waals surface area contributed by atoms with Crippen molar-refractivity contribution in [2.24, 2.45) is 5.73 Å². The summed E-state index contributed by atoms with van der Waals surface area (Å²) in [6.45, 7) is 7.11. The number of nitrogens with zero attached hydrogens (tertiary/aromatic N) is 4. The van der Waals surface area contributed by atoms with E-state index in [4.69, 9.17) is 5.73 Å². The minimum atomic E-state index is 0.152. The van der Waals surface area contributed by atoms with Gasteiger partial charge in [-0.2, -0.15) is 0 Å². The standard InChI is InChI=1S/C13H19N5/c1-13(2,3)10-4-6-11(7-5-10)18-16-12(8-9-14)15-17-18/h4-7H,8-9,14H2,1-3H3. The molecule has 0 fully saturated rings. The fraction of sp³-hybridized carbons (Fsp3) is 0.462. The van der Waals surface area contributed by atoms with Crippen molar-refractivity contribution in [3.8, 4) is 5.69 Å². The first-order valence-corrected chi connectivity index (χ1v) is 6.10. The molecule has 2 aromatic rings. The van der Waals surface area contributed by atoms with Gasteiger partial charge in [-0.05, 0) is 34.9 Å². The monoisotopic (exact) mass is 245 g/mol. The molecule has 96 valence electrons. The highest BCUT2D eigenvalue weighted by molar-refractivity contribution is 5.35. The molecule has 0 aliphatic rings. The minimum absolute atomic E-state index is 0.152. The molecule has 0 saturated carbocycles. The third-order valence-corrected chi connectivity index (χ3v) is 2.79. The van der Waals surface area contributed by atoms with E-state index >= 15 is 0 Å². The molecule has 0 aliphatic heterocycles. The predicted molar refractivity (Wildman–Crippen MR) is 70.6 cm³/mol. The smallest absolute Gasteiger partial charge is 0.176 e. The summed E-state index contributed by atoms with van der Waals surface area (Å²) < 4.78 is 0. The highest BCUT2D eigenvalue weighted by atomic mass is 15.6. The maximum atomic E-state index is 5.46. The Morgan fingerprint density at radius 1 is 1.17 bits per heavy atom. The Morgan fingerprint density at radius 2 is 1.83 bits per heavy atom. The van der Waals surface area contributed by atoms with Gasteiger partial charge in [0.15, 0.2) is 5.82 Å². The topological polar surface area (TPSA) is 69.6 Å². The number of benzene rings is 1. The number of hydrogen-bond donors (Lipinski definition) is 1. The van der Waals surface area contributed by atoms with Crippen molar-refractivity contribution in [2.75, 3.05) is 6.54 Å². The summed E-state index contributed by atoms with van der Waals surface area (Å²) in [6.07, 6.45) is 0.653. The van der Waals surface area contributed by atoms with E-state index in [0.29, 0.717) is 18.8 Å². The van der Waals surface area contributed by atoms with Gasteiger partial charge in [0.05, 0.1) is 5.69 Å². The fourth-order valence-electron chi connectivity index (χ4n) is 1.68. The third kappa shape index (κ3) is 2.73. The zero-order valence-electron chi connectivity index (χ0n) is 11.1. The Hall–Kier alpha value is -1.75. The quantitative estimate of drug-likeness (QED) is 0.888. The van der Waals surface area contributed by atoms with Crippen LogP contribution in [0.25, 0.3) is 5.69 Å². The minimum Gasteiger partial charge on any atom is -0.330 e. The van der Waals surface area contributed by atoms with E-state index in [-0.39, 0.29) is 5.41 Å². The van der Waals surface area contributed by atoms with Crippen LogP contribution in [0, 0.1) is 0 Å². The molecule has 0 aliphatic carbocycles. The summed E-state index contributed by atoms with van der Waals surface area (Å²) in [5.41, 5.74) is 7.81. The molecule has 0 spiro atoms. The number of nitrogens with two attached hydrogens (primary N) is 1. The zero-order chi connectivity index (χ0) is 13.2. The van der Waals surface area contributed by atoms with Crippen molar-refractivity contribution in [3.63, 3.8) is 0 Å². The van der Waals surface area contributed by atoms with Crippen LogP contribution in [-0.2, 0) is 11.8 Å². The highest BCUT2D eigenvalue weighted by Gasteiger charge is 2.13. The predicted octanol–water partition coefficient (Wildman–Crippen LogP) is 1.46. The molecule has 2 rings (SSSR count). The molecular formula is C13H19N5. The van der Waals surface area contributed by atoms with Gasteiger partial charge in [0.1, 0.15) is 0 Å². The number of rotatable bonds is 3. The van der Waals surface area contributed by atoms with Gasteiger partial charge in [0.2, 0.25) is 0 Å². The van der Waals surface area contributed by atoms with E-state index in [0.717, 1.165) is 5.69 Å². The molecule has 5 heteroatoms. The van der Waals surface area contributed by atoms with Crippen LogP contribution in [0.15, 0.2) is 24.3 Å². The van der Waals surface area contributed by atoms with E-state index in [1.807, 2.05) is 12.1 Å². The summed E-state index contributed by atoms with van der Waals surface area (Å²) in [5.74, 6) is 0.678. The van der Waals surface area contributed by atoms with E-state index in [9.17, 15) is 0 Å². The van der Waals surface area contributed by atoms with Gasteiger partial charge in [0, 0.05) is 6.42 Å². The van der Waals surface area contributed by atoms with Crippen LogP contribution in [0.5, 0.6) is 0 Å². The molecule has 0 saturated heterocycles. The molecule has 18 heavy (non-hydrogen) atoms. The first-order chi connectivity index (χ1) is 8.50. The lowest BCUT2D eigenvalue weighted by Gasteiger charge is -2.18. The third-order valence-electron chi connectivity index (χ3n) is 2.79. The first kappa shape index (κ1) is 12.7. The molecule has 1 aromatic heterocycles.